The number of hydrogen-bond acceptors (Lipinski definition) is 8. The monoisotopic (exact) mass is 609 g/mol. The average molecular weight is 610 g/mol. The highest BCUT2D eigenvalue weighted by atomic mass is 16.7. The number of methoxy groups -OCH3 is 4. The van der Waals surface area contributed by atoms with Crippen molar-refractivity contribution in [3.63, 3.8) is 0 Å². The zero-order valence-corrected chi connectivity index (χ0v) is 26.4. The molecule has 4 rings (SSSR count). The highest BCUT2D eigenvalue weighted by Gasteiger charge is 2.36. The molecule has 0 saturated carbocycles. The Morgan fingerprint density at radius 2 is 1.09 bits per heavy atom. The predicted octanol–water partition coefficient (Wildman–Crippen LogP) is 6.22. The number of hydroxylamine groups is 2. The summed E-state index contributed by atoms with van der Waals surface area (Å²) >= 11 is 0. The molecule has 0 aliphatic rings. The maximum atomic E-state index is 12.7. The summed E-state index contributed by atoms with van der Waals surface area (Å²) in [5.41, 5.74) is 3.20. The maximum Gasteiger partial charge on any atom is 0.279 e. The fraction of sp³-hybridized carbons (Fsp3) is 0.250. The van der Waals surface area contributed by atoms with E-state index in [9.17, 15) is 4.79 Å². The van der Waals surface area contributed by atoms with Crippen molar-refractivity contribution in [2.24, 2.45) is 4.99 Å². The highest BCUT2D eigenvalue weighted by molar-refractivity contribution is 5.90. The first-order chi connectivity index (χ1) is 21.8. The molecular weight excluding hydrogens is 570 g/mol. The topological polar surface area (TPSA) is 103 Å². The van der Waals surface area contributed by atoms with Crippen LogP contribution in [0.5, 0.6) is 17.2 Å². The van der Waals surface area contributed by atoms with E-state index >= 15 is 0 Å². The lowest BCUT2D eigenvalue weighted by molar-refractivity contribution is -0.179. The molecule has 0 saturated heterocycles. The van der Waals surface area contributed by atoms with Gasteiger partial charge < -0.3 is 24.4 Å². The second-order valence-electron chi connectivity index (χ2n) is 10.2. The highest BCUT2D eigenvalue weighted by Crippen LogP contribution is 2.42. The van der Waals surface area contributed by atoms with E-state index in [1.807, 2.05) is 97.1 Å². The summed E-state index contributed by atoms with van der Waals surface area (Å²) in [7, 11) is 9.33. The number of likely N-dealkylation sites (N-methyl/N-ethyl adjacent to an activating group) is 1. The number of ether oxygens (including phenoxy) is 4. The van der Waals surface area contributed by atoms with Crippen LogP contribution in [-0.4, -0.2) is 66.0 Å². The van der Waals surface area contributed by atoms with Gasteiger partial charge in [-0.2, -0.15) is 0 Å². The Hall–Kier alpha value is -4.99. The minimum atomic E-state index is -0.996. The average Bonchev–Trinajstić information content (AvgIpc) is 3.11. The van der Waals surface area contributed by atoms with E-state index in [1.165, 1.54) is 27.5 Å². The van der Waals surface area contributed by atoms with Crippen molar-refractivity contribution in [3.05, 3.63) is 125 Å². The lowest BCUT2D eigenvalue weighted by atomic mass is 9.77. The van der Waals surface area contributed by atoms with Gasteiger partial charge in [0.1, 0.15) is 22.8 Å². The quantitative estimate of drug-likeness (QED) is 0.104. The molecule has 0 spiro atoms. The first-order valence-corrected chi connectivity index (χ1v) is 14.3. The SMILES string of the molecule is COc1ccc(C(N=CC(C=N)c2ccc(C(OC)C(=O)N(C)OC)cc2)(c2ccc(OC)cc2)c2ccc(OC)cc2)cc1. The van der Waals surface area contributed by atoms with Crippen LogP contribution >= 0.6 is 0 Å². The van der Waals surface area contributed by atoms with Crippen LogP contribution in [0.3, 0.4) is 0 Å². The van der Waals surface area contributed by atoms with Gasteiger partial charge in [0.05, 0.1) is 34.4 Å². The molecule has 0 bridgehead atoms. The van der Waals surface area contributed by atoms with Gasteiger partial charge in [0, 0.05) is 26.6 Å². The zero-order chi connectivity index (χ0) is 32.4. The molecule has 45 heavy (non-hydrogen) atoms. The normalized spacial score (nSPS) is 12.8. The van der Waals surface area contributed by atoms with E-state index in [-0.39, 0.29) is 5.91 Å². The van der Waals surface area contributed by atoms with Crippen molar-refractivity contribution in [2.45, 2.75) is 17.6 Å². The van der Waals surface area contributed by atoms with Crippen LogP contribution in [0.25, 0.3) is 0 Å². The third kappa shape index (κ3) is 7.06. The van der Waals surface area contributed by atoms with Gasteiger partial charge in [0.15, 0.2) is 6.10 Å². The summed E-state index contributed by atoms with van der Waals surface area (Å²) in [6.45, 7) is 0. The Kier molecular flexibility index (Phi) is 11.1. The molecular formula is C36H39N3O6. The first-order valence-electron chi connectivity index (χ1n) is 14.3. The van der Waals surface area contributed by atoms with Crippen LogP contribution < -0.4 is 14.2 Å². The number of carbonyl (C=O) groups excluding carboxylic acids is 1. The second-order valence-corrected chi connectivity index (χ2v) is 10.2. The van der Waals surface area contributed by atoms with Crippen molar-refractivity contribution >= 4 is 18.3 Å². The molecule has 4 aromatic rings. The number of nitrogens with zero attached hydrogens (tertiary/aromatic N) is 2. The number of aliphatic imine (C=N–C) groups is 1. The van der Waals surface area contributed by atoms with Gasteiger partial charge in [-0.1, -0.05) is 60.7 Å². The van der Waals surface area contributed by atoms with Gasteiger partial charge in [0.2, 0.25) is 0 Å². The predicted molar refractivity (Wildman–Crippen MR) is 175 cm³/mol. The molecule has 1 amide bonds. The molecule has 2 atom stereocenters. The molecule has 1 N–H and O–H groups in total. The molecule has 0 aliphatic heterocycles. The number of nitrogens with one attached hydrogen (secondary N) is 1. The van der Waals surface area contributed by atoms with Gasteiger partial charge in [-0.05, 0) is 64.2 Å². The van der Waals surface area contributed by atoms with E-state index in [4.69, 9.17) is 34.2 Å². The summed E-state index contributed by atoms with van der Waals surface area (Å²) in [5.74, 6) is 1.38. The number of rotatable bonds is 14. The standard InChI is InChI=1S/C36H39N3O6/c1-39(45-6)35(40)34(44-5)26-9-7-25(8-10-26)27(23-37)24-38-36(28-11-17-31(41-2)18-12-28,29-13-19-32(42-3)20-14-29)30-15-21-33(43-4)22-16-30/h7-24,27,34,37H,1-6H3. The van der Waals surface area contributed by atoms with Crippen LogP contribution in [0.1, 0.15) is 39.8 Å². The Bertz CT molecular complexity index is 1450. The number of carbonyl (C=O) groups is 1. The summed E-state index contributed by atoms with van der Waals surface area (Å²) in [6.07, 6.45) is 2.30. The summed E-state index contributed by atoms with van der Waals surface area (Å²) in [6, 6.07) is 30.8. The molecule has 4 aromatic carbocycles. The minimum absolute atomic E-state index is 0.332. The second kappa shape index (κ2) is 15.1. The Balaban J connectivity index is 1.85. The van der Waals surface area contributed by atoms with Gasteiger partial charge in [0.25, 0.3) is 5.91 Å². The van der Waals surface area contributed by atoms with Gasteiger partial charge in [-0.25, -0.2) is 5.06 Å². The molecule has 0 radical (unpaired) electrons. The van der Waals surface area contributed by atoms with Gasteiger partial charge in [-0.3, -0.25) is 14.6 Å². The molecule has 2 unspecified atom stereocenters. The van der Waals surface area contributed by atoms with Gasteiger partial charge in [-0.15, -0.1) is 0 Å². The summed E-state index contributed by atoms with van der Waals surface area (Å²) in [5, 5.41) is 9.47. The van der Waals surface area contributed by atoms with E-state index in [0.717, 1.165) is 44.6 Å². The number of amides is 1. The minimum Gasteiger partial charge on any atom is -0.497 e. The molecule has 9 heteroatoms. The Labute approximate surface area is 264 Å². The molecule has 0 aliphatic carbocycles. The van der Waals surface area contributed by atoms with Crippen molar-refractivity contribution in [2.75, 3.05) is 42.6 Å². The largest absolute Gasteiger partial charge is 0.497 e. The van der Waals surface area contributed by atoms with Crippen molar-refractivity contribution in [3.8, 4) is 17.2 Å². The van der Waals surface area contributed by atoms with E-state index in [1.54, 1.807) is 27.5 Å². The maximum absolute atomic E-state index is 12.7. The van der Waals surface area contributed by atoms with Crippen LogP contribution in [0.15, 0.2) is 102 Å². The van der Waals surface area contributed by atoms with Crippen molar-refractivity contribution < 1.29 is 28.6 Å². The van der Waals surface area contributed by atoms with Crippen molar-refractivity contribution in [1.29, 1.82) is 5.41 Å². The van der Waals surface area contributed by atoms with Crippen LogP contribution in [-0.2, 0) is 19.9 Å². The fourth-order valence-corrected chi connectivity index (χ4v) is 5.17. The Morgan fingerprint density at radius 1 is 0.689 bits per heavy atom. The summed E-state index contributed by atoms with van der Waals surface area (Å²) in [4.78, 5) is 23.1. The molecule has 234 valence electrons. The zero-order valence-electron chi connectivity index (χ0n) is 26.4. The van der Waals surface area contributed by atoms with E-state index in [2.05, 4.69) is 0 Å². The third-order valence-corrected chi connectivity index (χ3v) is 7.80. The van der Waals surface area contributed by atoms with E-state index in [0.29, 0.717) is 5.56 Å². The van der Waals surface area contributed by atoms with Gasteiger partial charge >= 0.3 is 0 Å². The van der Waals surface area contributed by atoms with Crippen LogP contribution in [0, 0.1) is 5.41 Å². The smallest absolute Gasteiger partial charge is 0.279 e. The lowest BCUT2D eigenvalue weighted by Crippen LogP contribution is -2.31. The molecule has 0 heterocycles. The fourth-order valence-electron chi connectivity index (χ4n) is 5.17. The summed E-state index contributed by atoms with van der Waals surface area (Å²) < 4.78 is 21.8. The molecule has 0 fully saturated rings. The van der Waals surface area contributed by atoms with Crippen molar-refractivity contribution in [1.82, 2.24) is 5.06 Å². The Morgan fingerprint density at radius 3 is 1.42 bits per heavy atom. The van der Waals surface area contributed by atoms with Crippen LogP contribution in [0.2, 0.25) is 0 Å². The number of hydrogen-bond donors (Lipinski definition) is 1. The first kappa shape index (κ1) is 32.9. The van der Waals surface area contributed by atoms with E-state index < -0.39 is 17.6 Å². The number of benzene rings is 4. The third-order valence-electron chi connectivity index (χ3n) is 7.80. The lowest BCUT2D eigenvalue weighted by Gasteiger charge is -2.33. The molecule has 9 nitrogen and oxygen atoms in total. The van der Waals surface area contributed by atoms with Crippen LogP contribution in [0.4, 0.5) is 0 Å². The molecule has 0 aromatic heterocycles.